The third-order valence-electron chi connectivity index (χ3n) is 3.22. The van der Waals surface area contributed by atoms with Crippen molar-refractivity contribution >= 4 is 0 Å². The van der Waals surface area contributed by atoms with E-state index in [0.29, 0.717) is 6.61 Å². The van der Waals surface area contributed by atoms with Crippen molar-refractivity contribution in [3.05, 3.63) is 35.9 Å². The zero-order valence-corrected chi connectivity index (χ0v) is 11.0. The van der Waals surface area contributed by atoms with E-state index >= 15 is 0 Å². The van der Waals surface area contributed by atoms with Crippen molar-refractivity contribution in [1.82, 2.24) is 5.48 Å². The molecule has 3 unspecified atom stereocenters. The van der Waals surface area contributed by atoms with Crippen LogP contribution >= 0.6 is 0 Å². The van der Waals surface area contributed by atoms with E-state index in [4.69, 9.17) is 14.3 Å². The molecule has 1 saturated carbocycles. The van der Waals surface area contributed by atoms with Gasteiger partial charge in [-0.1, -0.05) is 30.3 Å². The van der Waals surface area contributed by atoms with Gasteiger partial charge in [0.05, 0.1) is 18.8 Å². The number of methoxy groups -OCH3 is 1. The topological polar surface area (TPSA) is 39.7 Å². The van der Waals surface area contributed by atoms with Gasteiger partial charge in [-0.2, -0.15) is 5.48 Å². The van der Waals surface area contributed by atoms with Gasteiger partial charge in [0.25, 0.3) is 0 Å². The summed E-state index contributed by atoms with van der Waals surface area (Å²) in [6.45, 7) is 3.29. The molecule has 1 N–H and O–H groups in total. The van der Waals surface area contributed by atoms with Gasteiger partial charge in [0.1, 0.15) is 6.10 Å². The molecule has 0 amide bonds. The molecule has 4 nitrogen and oxygen atoms in total. The Morgan fingerprint density at radius 2 is 2.06 bits per heavy atom. The molecule has 0 saturated heterocycles. The molecule has 2 rings (SSSR count). The minimum absolute atomic E-state index is 0.0840. The molecule has 4 heteroatoms. The van der Waals surface area contributed by atoms with Crippen LogP contribution in [0.25, 0.3) is 0 Å². The smallest absolute Gasteiger partial charge is 0.101 e. The van der Waals surface area contributed by atoms with Gasteiger partial charge in [-0.25, -0.2) is 0 Å². The summed E-state index contributed by atoms with van der Waals surface area (Å²) < 4.78 is 11.0. The normalized spacial score (nSPS) is 26.9. The third-order valence-corrected chi connectivity index (χ3v) is 3.22. The summed E-state index contributed by atoms with van der Waals surface area (Å²) in [4.78, 5) is 5.50. The van der Waals surface area contributed by atoms with E-state index in [1.165, 1.54) is 0 Å². The largest absolute Gasteiger partial charge is 0.377 e. The predicted molar refractivity (Wildman–Crippen MR) is 69.0 cm³/mol. The Kier molecular flexibility index (Phi) is 5.13. The molecule has 1 aliphatic carbocycles. The summed E-state index contributed by atoms with van der Waals surface area (Å²) in [5.74, 6) is 0. The Balaban J connectivity index is 1.69. The van der Waals surface area contributed by atoms with E-state index in [2.05, 4.69) is 5.48 Å². The lowest BCUT2D eigenvalue weighted by Gasteiger charge is -2.42. The Bertz CT molecular complexity index is 344. The van der Waals surface area contributed by atoms with E-state index < -0.39 is 0 Å². The predicted octanol–water partition coefficient (Wildman–Crippen LogP) is 1.90. The Hall–Kier alpha value is -0.940. The number of hydrogen-bond acceptors (Lipinski definition) is 4. The molecule has 0 heterocycles. The SMILES string of the molecule is CCOC1CC(NOCc2ccccc2)C1OC. The van der Waals surface area contributed by atoms with E-state index in [1.807, 2.05) is 37.3 Å². The minimum atomic E-state index is 0.0840. The average molecular weight is 251 g/mol. The summed E-state index contributed by atoms with van der Waals surface area (Å²) in [5.41, 5.74) is 4.20. The molecular formula is C14H21NO3. The van der Waals surface area contributed by atoms with Gasteiger partial charge in [-0.05, 0) is 18.9 Å². The Labute approximate surface area is 108 Å². The van der Waals surface area contributed by atoms with Crippen LogP contribution in [0.5, 0.6) is 0 Å². The van der Waals surface area contributed by atoms with Crippen LogP contribution in [0, 0.1) is 0 Å². The Morgan fingerprint density at radius 3 is 2.72 bits per heavy atom. The summed E-state index contributed by atoms with van der Waals surface area (Å²) in [5, 5.41) is 0. The average Bonchev–Trinajstić information content (AvgIpc) is 2.38. The van der Waals surface area contributed by atoms with Gasteiger partial charge in [-0.15, -0.1) is 0 Å². The highest BCUT2D eigenvalue weighted by atomic mass is 16.6. The third kappa shape index (κ3) is 3.29. The summed E-state index contributed by atoms with van der Waals surface area (Å²) in [6.07, 6.45) is 1.21. The Morgan fingerprint density at radius 1 is 1.28 bits per heavy atom. The van der Waals surface area contributed by atoms with E-state index in [0.717, 1.165) is 18.6 Å². The van der Waals surface area contributed by atoms with Crippen molar-refractivity contribution in [2.45, 2.75) is 38.2 Å². The van der Waals surface area contributed by atoms with Crippen LogP contribution in [0.4, 0.5) is 0 Å². The number of hydrogen-bond donors (Lipinski definition) is 1. The van der Waals surface area contributed by atoms with E-state index in [1.54, 1.807) is 7.11 Å². The molecule has 18 heavy (non-hydrogen) atoms. The summed E-state index contributed by atoms with van der Waals surface area (Å²) in [7, 11) is 1.71. The fourth-order valence-corrected chi connectivity index (χ4v) is 2.20. The molecule has 0 spiro atoms. The lowest BCUT2D eigenvalue weighted by Crippen LogP contribution is -2.59. The van der Waals surface area contributed by atoms with Crippen molar-refractivity contribution in [2.24, 2.45) is 0 Å². The van der Waals surface area contributed by atoms with Crippen LogP contribution in [0.2, 0.25) is 0 Å². The zero-order valence-electron chi connectivity index (χ0n) is 11.0. The van der Waals surface area contributed by atoms with E-state index in [-0.39, 0.29) is 18.2 Å². The van der Waals surface area contributed by atoms with Crippen LogP contribution in [-0.2, 0) is 20.9 Å². The van der Waals surface area contributed by atoms with Crippen molar-refractivity contribution in [3.8, 4) is 0 Å². The maximum atomic E-state index is 5.56. The lowest BCUT2D eigenvalue weighted by molar-refractivity contribution is -0.165. The molecule has 1 aliphatic rings. The van der Waals surface area contributed by atoms with Crippen molar-refractivity contribution in [3.63, 3.8) is 0 Å². The number of nitrogens with one attached hydrogen (secondary N) is 1. The fourth-order valence-electron chi connectivity index (χ4n) is 2.20. The van der Waals surface area contributed by atoms with Gasteiger partial charge in [0.15, 0.2) is 0 Å². The van der Waals surface area contributed by atoms with Crippen LogP contribution in [0.15, 0.2) is 30.3 Å². The minimum Gasteiger partial charge on any atom is -0.377 e. The van der Waals surface area contributed by atoms with Gasteiger partial charge < -0.3 is 9.47 Å². The first kappa shape index (κ1) is 13.5. The number of rotatable bonds is 7. The highest BCUT2D eigenvalue weighted by Crippen LogP contribution is 2.26. The molecule has 0 aromatic heterocycles. The van der Waals surface area contributed by atoms with Crippen molar-refractivity contribution in [2.75, 3.05) is 13.7 Å². The molecular weight excluding hydrogens is 230 g/mol. The molecule has 1 aromatic rings. The second-order valence-electron chi connectivity index (χ2n) is 4.43. The molecule has 0 bridgehead atoms. The molecule has 3 atom stereocenters. The molecule has 0 radical (unpaired) electrons. The number of benzene rings is 1. The molecule has 1 aromatic carbocycles. The first-order valence-electron chi connectivity index (χ1n) is 6.40. The van der Waals surface area contributed by atoms with Crippen LogP contribution < -0.4 is 5.48 Å². The molecule has 1 fully saturated rings. The number of ether oxygens (including phenoxy) is 2. The second kappa shape index (κ2) is 6.85. The van der Waals surface area contributed by atoms with Crippen LogP contribution in [0.1, 0.15) is 18.9 Å². The maximum absolute atomic E-state index is 5.56. The van der Waals surface area contributed by atoms with Gasteiger partial charge >= 0.3 is 0 Å². The van der Waals surface area contributed by atoms with Gasteiger partial charge in [0.2, 0.25) is 0 Å². The quantitative estimate of drug-likeness (QED) is 0.751. The maximum Gasteiger partial charge on any atom is 0.101 e. The standard InChI is InChI=1S/C14H21NO3/c1-3-17-13-9-12(14(13)16-2)15-18-10-11-7-5-4-6-8-11/h4-8,12-15H,3,9-10H2,1-2H3. The van der Waals surface area contributed by atoms with Crippen molar-refractivity contribution < 1.29 is 14.3 Å². The van der Waals surface area contributed by atoms with Gasteiger partial charge in [-0.3, -0.25) is 4.84 Å². The zero-order chi connectivity index (χ0) is 12.8. The lowest BCUT2D eigenvalue weighted by atomic mass is 9.86. The fraction of sp³-hybridized carbons (Fsp3) is 0.571. The first-order chi connectivity index (χ1) is 8.85. The molecule has 0 aliphatic heterocycles. The van der Waals surface area contributed by atoms with Crippen molar-refractivity contribution in [1.29, 1.82) is 0 Å². The highest BCUT2D eigenvalue weighted by Gasteiger charge is 2.42. The number of hydroxylamine groups is 1. The highest BCUT2D eigenvalue weighted by molar-refractivity contribution is 5.13. The summed E-state index contributed by atoms with van der Waals surface area (Å²) >= 11 is 0. The van der Waals surface area contributed by atoms with Crippen LogP contribution in [0.3, 0.4) is 0 Å². The molecule has 100 valence electrons. The first-order valence-corrected chi connectivity index (χ1v) is 6.40. The van der Waals surface area contributed by atoms with Crippen LogP contribution in [-0.4, -0.2) is 32.0 Å². The second-order valence-corrected chi connectivity index (χ2v) is 4.43. The summed E-state index contributed by atoms with van der Waals surface area (Å²) in [6, 6.07) is 10.3. The van der Waals surface area contributed by atoms with E-state index in [9.17, 15) is 0 Å². The van der Waals surface area contributed by atoms with Gasteiger partial charge in [0, 0.05) is 13.7 Å². The monoisotopic (exact) mass is 251 g/mol.